The molecule has 1 aliphatic heterocycles. The molecule has 0 N–H and O–H groups in total. The minimum Gasteiger partial charge on any atom is -0.454 e. The lowest BCUT2D eigenvalue weighted by Crippen LogP contribution is -2.36. The van der Waals surface area contributed by atoms with Crippen LogP contribution in [0.25, 0.3) is 10.9 Å². The van der Waals surface area contributed by atoms with E-state index in [1.54, 1.807) is 22.8 Å². The zero-order valence-corrected chi connectivity index (χ0v) is 17.9. The molecule has 0 bridgehead atoms. The summed E-state index contributed by atoms with van der Waals surface area (Å²) in [5.74, 6) is -0.274. The van der Waals surface area contributed by atoms with Crippen molar-refractivity contribution in [3.63, 3.8) is 0 Å². The third kappa shape index (κ3) is 4.56. The van der Waals surface area contributed by atoms with Gasteiger partial charge in [-0.2, -0.15) is 0 Å². The van der Waals surface area contributed by atoms with Gasteiger partial charge in [-0.1, -0.05) is 26.8 Å². The Morgan fingerprint density at radius 3 is 2.80 bits per heavy atom. The molecule has 1 aliphatic rings. The Bertz CT molecular complexity index is 1110. The molecule has 7 nitrogen and oxygen atoms in total. The van der Waals surface area contributed by atoms with Gasteiger partial charge in [-0.05, 0) is 42.5 Å². The molecule has 2 heterocycles. The van der Waals surface area contributed by atoms with Gasteiger partial charge in [-0.3, -0.25) is 19.1 Å². The lowest BCUT2D eigenvalue weighted by molar-refractivity contribution is -0.115. The molecule has 158 valence electrons. The first-order valence-corrected chi connectivity index (χ1v) is 10.1. The van der Waals surface area contributed by atoms with Crippen molar-refractivity contribution in [3.8, 4) is 0 Å². The van der Waals surface area contributed by atoms with Crippen LogP contribution in [-0.4, -0.2) is 40.7 Å². The molecule has 0 saturated heterocycles. The normalized spacial score (nSPS) is 15.9. The van der Waals surface area contributed by atoms with Gasteiger partial charge in [0.1, 0.15) is 11.5 Å². The molecule has 3 rings (SSSR count). The topological polar surface area (TPSA) is 90.6 Å². The number of hydrogen-bond donors (Lipinski definition) is 0. The second kappa shape index (κ2) is 8.73. The Kier molecular flexibility index (Phi) is 6.29. The van der Waals surface area contributed by atoms with E-state index in [1.165, 1.54) is 13.1 Å². The number of nitrogens with zero attached hydrogens (tertiary/aromatic N) is 3. The zero-order chi connectivity index (χ0) is 21.9. The third-order valence-electron chi connectivity index (χ3n) is 5.25. The van der Waals surface area contributed by atoms with Crippen molar-refractivity contribution in [2.75, 3.05) is 13.7 Å². The molecule has 0 saturated carbocycles. The zero-order valence-electron chi connectivity index (χ0n) is 17.9. The number of Topliss-reactive ketones (excluding diaryl/α,β-unsaturated/α-hetero) is 1. The SMILES string of the molecule is CC/C=C\C(=NC)C(=O)COC(=O)c1ccc2c(=O)n3c(nc2c1)CCC(C)(C)C3. The molecule has 7 heteroatoms. The van der Waals surface area contributed by atoms with Crippen molar-refractivity contribution < 1.29 is 14.3 Å². The predicted molar refractivity (Wildman–Crippen MR) is 116 cm³/mol. The summed E-state index contributed by atoms with van der Waals surface area (Å²) in [7, 11) is 1.52. The van der Waals surface area contributed by atoms with Crippen LogP contribution in [0.5, 0.6) is 0 Å². The summed E-state index contributed by atoms with van der Waals surface area (Å²) >= 11 is 0. The number of aryl methyl sites for hydroxylation is 1. The fourth-order valence-electron chi connectivity index (χ4n) is 3.52. The van der Waals surface area contributed by atoms with Crippen LogP contribution in [0, 0.1) is 5.41 Å². The maximum atomic E-state index is 12.9. The van der Waals surface area contributed by atoms with Crippen LogP contribution in [0.3, 0.4) is 0 Å². The van der Waals surface area contributed by atoms with Gasteiger partial charge in [0, 0.05) is 20.0 Å². The summed E-state index contributed by atoms with van der Waals surface area (Å²) in [6.07, 6.45) is 5.87. The molecule has 0 fully saturated rings. The van der Waals surface area contributed by atoms with Crippen LogP contribution in [0.15, 0.2) is 40.1 Å². The highest BCUT2D eigenvalue weighted by atomic mass is 16.5. The second-order valence-electron chi connectivity index (χ2n) is 8.23. The number of esters is 1. The number of ketones is 1. The molecular formula is C23H27N3O4. The highest BCUT2D eigenvalue weighted by molar-refractivity contribution is 6.44. The first kappa shape index (κ1) is 21.6. The average molecular weight is 409 g/mol. The van der Waals surface area contributed by atoms with E-state index in [9.17, 15) is 14.4 Å². The molecule has 0 amide bonds. The fourth-order valence-corrected chi connectivity index (χ4v) is 3.52. The molecule has 2 aromatic rings. The van der Waals surface area contributed by atoms with Crippen LogP contribution in [-0.2, 0) is 22.5 Å². The largest absolute Gasteiger partial charge is 0.454 e. The van der Waals surface area contributed by atoms with Crippen LogP contribution < -0.4 is 5.56 Å². The van der Waals surface area contributed by atoms with Gasteiger partial charge < -0.3 is 4.74 Å². The third-order valence-corrected chi connectivity index (χ3v) is 5.25. The molecule has 1 aromatic heterocycles. The van der Waals surface area contributed by atoms with E-state index in [2.05, 4.69) is 23.8 Å². The first-order valence-electron chi connectivity index (χ1n) is 10.1. The number of rotatable bonds is 6. The Morgan fingerprint density at radius 2 is 2.10 bits per heavy atom. The van der Waals surface area contributed by atoms with Crippen LogP contribution in [0.1, 0.15) is 49.8 Å². The highest BCUT2D eigenvalue weighted by Crippen LogP contribution is 2.29. The smallest absolute Gasteiger partial charge is 0.338 e. The Labute approximate surface area is 175 Å². The number of benzene rings is 1. The Hall–Kier alpha value is -3.09. The first-order chi connectivity index (χ1) is 14.3. The molecular weight excluding hydrogens is 382 g/mol. The molecule has 0 spiro atoms. The molecule has 0 aliphatic carbocycles. The van der Waals surface area contributed by atoms with Gasteiger partial charge in [0.05, 0.1) is 16.5 Å². The van der Waals surface area contributed by atoms with E-state index in [0.717, 1.165) is 18.7 Å². The number of fused-ring (bicyclic) bond motifs is 2. The number of ether oxygens (including phenoxy) is 1. The van der Waals surface area contributed by atoms with Crippen LogP contribution >= 0.6 is 0 Å². The van der Waals surface area contributed by atoms with E-state index in [4.69, 9.17) is 4.74 Å². The predicted octanol–water partition coefficient (Wildman–Crippen LogP) is 3.13. The van der Waals surface area contributed by atoms with Gasteiger partial charge in [0.15, 0.2) is 6.61 Å². The number of hydrogen-bond acceptors (Lipinski definition) is 6. The van der Waals surface area contributed by atoms with Gasteiger partial charge in [0.2, 0.25) is 5.78 Å². The number of carbonyl (C=O) groups is 2. The summed E-state index contributed by atoms with van der Waals surface area (Å²) in [5, 5.41) is 0.467. The van der Waals surface area contributed by atoms with Gasteiger partial charge in [-0.25, -0.2) is 9.78 Å². The Balaban J connectivity index is 1.80. The molecule has 0 unspecified atom stereocenters. The van der Waals surface area contributed by atoms with Crippen LogP contribution in [0.4, 0.5) is 0 Å². The maximum Gasteiger partial charge on any atom is 0.338 e. The fraction of sp³-hybridized carbons (Fsp3) is 0.435. The van der Waals surface area contributed by atoms with Crippen molar-refractivity contribution in [3.05, 3.63) is 52.1 Å². The summed E-state index contributed by atoms with van der Waals surface area (Å²) in [6, 6.07) is 4.68. The summed E-state index contributed by atoms with van der Waals surface area (Å²) in [6.45, 7) is 6.46. The summed E-state index contributed by atoms with van der Waals surface area (Å²) in [4.78, 5) is 46.0. The minimum atomic E-state index is -0.638. The van der Waals surface area contributed by atoms with E-state index >= 15 is 0 Å². The number of allylic oxidation sites excluding steroid dienone is 2. The van der Waals surface area contributed by atoms with E-state index in [0.29, 0.717) is 23.9 Å². The van der Waals surface area contributed by atoms with Gasteiger partial charge in [0.25, 0.3) is 5.56 Å². The van der Waals surface area contributed by atoms with Crippen molar-refractivity contribution >= 4 is 28.4 Å². The monoisotopic (exact) mass is 409 g/mol. The van der Waals surface area contributed by atoms with Crippen molar-refractivity contribution in [1.82, 2.24) is 9.55 Å². The minimum absolute atomic E-state index is 0.0510. The number of aliphatic imine (C=N–C) groups is 1. The van der Waals surface area contributed by atoms with E-state index < -0.39 is 12.6 Å². The lowest BCUT2D eigenvalue weighted by atomic mass is 9.85. The maximum absolute atomic E-state index is 12.9. The Morgan fingerprint density at radius 1 is 1.33 bits per heavy atom. The quantitative estimate of drug-likeness (QED) is 0.540. The molecule has 0 atom stereocenters. The van der Waals surface area contributed by atoms with Gasteiger partial charge in [-0.15, -0.1) is 0 Å². The standard InChI is InChI=1S/C23H27N3O4/c1-5-6-7-17(24-4)19(27)13-30-22(29)15-8-9-16-18(12-15)25-20-10-11-23(2,3)14-26(20)21(16)28/h6-9,12H,5,10-11,13-14H2,1-4H3/b7-6-,24-17?. The molecule has 1 aromatic carbocycles. The lowest BCUT2D eigenvalue weighted by Gasteiger charge is -2.31. The van der Waals surface area contributed by atoms with E-state index in [-0.39, 0.29) is 28.0 Å². The summed E-state index contributed by atoms with van der Waals surface area (Å²) < 4.78 is 6.89. The van der Waals surface area contributed by atoms with Crippen molar-refractivity contribution in [2.24, 2.45) is 10.4 Å². The highest BCUT2D eigenvalue weighted by Gasteiger charge is 2.27. The number of aromatic nitrogens is 2. The van der Waals surface area contributed by atoms with Crippen molar-refractivity contribution in [2.45, 2.75) is 46.6 Å². The summed E-state index contributed by atoms with van der Waals surface area (Å²) in [5.41, 5.74) is 0.933. The average Bonchev–Trinajstić information content (AvgIpc) is 2.72. The van der Waals surface area contributed by atoms with E-state index in [1.807, 2.05) is 13.0 Å². The van der Waals surface area contributed by atoms with Gasteiger partial charge >= 0.3 is 5.97 Å². The second-order valence-corrected chi connectivity index (χ2v) is 8.23. The van der Waals surface area contributed by atoms with Crippen molar-refractivity contribution in [1.29, 1.82) is 0 Å². The molecule has 30 heavy (non-hydrogen) atoms. The number of carbonyl (C=O) groups excluding carboxylic acids is 2. The van der Waals surface area contributed by atoms with Crippen LogP contribution in [0.2, 0.25) is 0 Å². The molecule has 0 radical (unpaired) electrons.